The standard InChI is InChI=1S/C27H32N2O4S/c1-2-3-16-33-22-10-12-23(13-11-22)34(31,32)26-25(24-14-15-27(26,30)29-24)28-18-19-8-9-20-6-4-5-7-21(20)17-19/h4-13,17,24-26,28-30H,2-3,14-16,18H2,1H3. The van der Waals surface area contributed by atoms with Gasteiger partial charge in [-0.3, -0.25) is 5.32 Å². The van der Waals surface area contributed by atoms with Gasteiger partial charge in [-0.05, 0) is 65.9 Å². The molecule has 0 aromatic heterocycles. The molecule has 3 N–H and O–H groups in total. The smallest absolute Gasteiger partial charge is 0.187 e. The molecule has 2 heterocycles. The van der Waals surface area contributed by atoms with E-state index < -0.39 is 26.9 Å². The Labute approximate surface area is 201 Å². The summed E-state index contributed by atoms with van der Waals surface area (Å²) in [5.74, 6) is 0.656. The third-order valence-electron chi connectivity index (χ3n) is 7.11. The Bertz CT molecular complexity index is 1260. The molecule has 4 unspecified atom stereocenters. The molecule has 7 heteroatoms. The average molecular weight is 481 g/mol. The van der Waals surface area contributed by atoms with Gasteiger partial charge < -0.3 is 15.2 Å². The molecule has 0 spiro atoms. The van der Waals surface area contributed by atoms with Crippen molar-refractivity contribution in [3.8, 4) is 5.75 Å². The number of hydrogen-bond donors (Lipinski definition) is 3. The molecular weight excluding hydrogens is 448 g/mol. The number of sulfone groups is 1. The van der Waals surface area contributed by atoms with E-state index in [0.29, 0.717) is 25.3 Å². The van der Waals surface area contributed by atoms with Crippen molar-refractivity contribution in [2.24, 2.45) is 0 Å². The summed E-state index contributed by atoms with van der Waals surface area (Å²) in [7, 11) is -3.79. The second-order valence-electron chi connectivity index (χ2n) is 9.44. The van der Waals surface area contributed by atoms with Crippen molar-refractivity contribution in [3.05, 3.63) is 72.3 Å². The summed E-state index contributed by atoms with van der Waals surface area (Å²) in [5.41, 5.74) is -0.348. The van der Waals surface area contributed by atoms with E-state index in [9.17, 15) is 13.5 Å². The van der Waals surface area contributed by atoms with Crippen molar-refractivity contribution in [3.63, 3.8) is 0 Å². The van der Waals surface area contributed by atoms with Crippen LogP contribution >= 0.6 is 0 Å². The maximum atomic E-state index is 13.7. The van der Waals surface area contributed by atoms with Crippen molar-refractivity contribution < 1.29 is 18.3 Å². The fraction of sp³-hybridized carbons (Fsp3) is 0.407. The predicted octanol–water partition coefficient (Wildman–Crippen LogP) is 3.77. The molecule has 4 atom stereocenters. The number of unbranched alkanes of at least 4 members (excludes halogenated alkanes) is 1. The van der Waals surface area contributed by atoms with Crippen molar-refractivity contribution in [2.75, 3.05) is 6.61 Å². The number of rotatable bonds is 9. The van der Waals surface area contributed by atoms with Crippen LogP contribution in [0.1, 0.15) is 38.2 Å². The first-order valence-corrected chi connectivity index (χ1v) is 13.6. The molecule has 2 bridgehead atoms. The number of ether oxygens (including phenoxy) is 1. The highest BCUT2D eigenvalue weighted by Gasteiger charge is 2.62. The van der Waals surface area contributed by atoms with Gasteiger partial charge in [-0.2, -0.15) is 0 Å². The minimum Gasteiger partial charge on any atom is -0.494 e. The summed E-state index contributed by atoms with van der Waals surface area (Å²) < 4.78 is 33.1. The molecule has 2 fully saturated rings. The Kier molecular flexibility index (Phi) is 6.37. The van der Waals surface area contributed by atoms with E-state index in [1.54, 1.807) is 24.3 Å². The van der Waals surface area contributed by atoms with Gasteiger partial charge in [0.15, 0.2) is 9.84 Å². The van der Waals surface area contributed by atoms with Crippen molar-refractivity contribution in [2.45, 2.75) is 67.1 Å². The Morgan fingerprint density at radius 2 is 1.85 bits per heavy atom. The van der Waals surface area contributed by atoms with E-state index in [1.807, 2.05) is 12.1 Å². The van der Waals surface area contributed by atoms with Crippen LogP contribution in [0.3, 0.4) is 0 Å². The number of aliphatic hydroxyl groups is 1. The van der Waals surface area contributed by atoms with Gasteiger partial charge in [-0.1, -0.05) is 49.7 Å². The molecule has 3 aromatic carbocycles. The Morgan fingerprint density at radius 1 is 1.09 bits per heavy atom. The third-order valence-corrected chi connectivity index (χ3v) is 9.39. The molecule has 2 saturated heterocycles. The lowest BCUT2D eigenvalue weighted by Crippen LogP contribution is -2.56. The van der Waals surface area contributed by atoms with Crippen molar-refractivity contribution in [1.82, 2.24) is 10.6 Å². The molecule has 0 amide bonds. The first-order valence-electron chi connectivity index (χ1n) is 12.1. The fourth-order valence-electron chi connectivity index (χ4n) is 5.33. The Balaban J connectivity index is 1.36. The highest BCUT2D eigenvalue weighted by Crippen LogP contribution is 2.42. The minimum absolute atomic E-state index is 0.0955. The Morgan fingerprint density at radius 3 is 2.62 bits per heavy atom. The number of fused-ring (bicyclic) bond motifs is 3. The zero-order valence-corrected chi connectivity index (χ0v) is 20.2. The van der Waals surface area contributed by atoms with Crippen LogP contribution in [0, 0.1) is 0 Å². The first kappa shape index (κ1) is 23.3. The highest BCUT2D eigenvalue weighted by molar-refractivity contribution is 7.92. The minimum atomic E-state index is -3.79. The fourth-order valence-corrected chi connectivity index (χ4v) is 7.51. The Hall–Kier alpha value is -2.45. The van der Waals surface area contributed by atoms with E-state index in [4.69, 9.17) is 4.74 Å². The highest BCUT2D eigenvalue weighted by atomic mass is 32.2. The van der Waals surface area contributed by atoms with E-state index in [1.165, 1.54) is 5.39 Å². The molecule has 3 aromatic rings. The van der Waals surface area contributed by atoms with Gasteiger partial charge in [0.05, 0.1) is 11.5 Å². The first-order chi connectivity index (χ1) is 16.4. The molecule has 5 rings (SSSR count). The monoisotopic (exact) mass is 480 g/mol. The van der Waals surface area contributed by atoms with Crippen LogP contribution in [0.25, 0.3) is 10.8 Å². The molecule has 2 aliphatic heterocycles. The summed E-state index contributed by atoms with van der Waals surface area (Å²) in [6, 6.07) is 20.5. The van der Waals surface area contributed by atoms with Gasteiger partial charge in [0.25, 0.3) is 0 Å². The van der Waals surface area contributed by atoms with E-state index in [0.717, 1.165) is 30.2 Å². The molecule has 0 saturated carbocycles. The van der Waals surface area contributed by atoms with E-state index >= 15 is 0 Å². The third kappa shape index (κ3) is 4.33. The van der Waals surface area contributed by atoms with Gasteiger partial charge in [0, 0.05) is 18.6 Å². The summed E-state index contributed by atoms with van der Waals surface area (Å²) >= 11 is 0. The zero-order chi connectivity index (χ0) is 23.8. The molecular formula is C27H32N2O4S. The second kappa shape index (κ2) is 9.30. The van der Waals surface area contributed by atoms with Crippen LogP contribution in [-0.2, 0) is 16.4 Å². The van der Waals surface area contributed by atoms with Crippen LogP contribution < -0.4 is 15.4 Å². The SMILES string of the molecule is CCCCOc1ccc(S(=O)(=O)C2C(NCc3ccc4ccccc4c3)C3CCC2(O)N3)cc1. The predicted molar refractivity (Wildman–Crippen MR) is 134 cm³/mol. The molecule has 2 aliphatic rings. The quantitative estimate of drug-likeness (QED) is 0.404. The largest absolute Gasteiger partial charge is 0.494 e. The van der Waals surface area contributed by atoms with Gasteiger partial charge in [0.2, 0.25) is 0 Å². The zero-order valence-electron chi connectivity index (χ0n) is 19.4. The molecule has 0 aliphatic carbocycles. The van der Waals surface area contributed by atoms with Crippen LogP contribution in [0.2, 0.25) is 0 Å². The average Bonchev–Trinajstić information content (AvgIpc) is 3.37. The maximum Gasteiger partial charge on any atom is 0.187 e. The molecule has 34 heavy (non-hydrogen) atoms. The van der Waals surface area contributed by atoms with Crippen molar-refractivity contribution in [1.29, 1.82) is 0 Å². The summed E-state index contributed by atoms with van der Waals surface area (Å²) in [4.78, 5) is 0.209. The van der Waals surface area contributed by atoms with Crippen LogP contribution in [0.15, 0.2) is 71.6 Å². The normalized spacial score (nSPS) is 26.2. The van der Waals surface area contributed by atoms with Gasteiger partial charge >= 0.3 is 0 Å². The van der Waals surface area contributed by atoms with E-state index in [2.05, 4.69) is 47.9 Å². The van der Waals surface area contributed by atoms with Crippen LogP contribution in [-0.4, -0.2) is 43.2 Å². The summed E-state index contributed by atoms with van der Waals surface area (Å²) in [6.07, 6.45) is 3.15. The van der Waals surface area contributed by atoms with Crippen molar-refractivity contribution >= 4 is 20.6 Å². The second-order valence-corrected chi connectivity index (χ2v) is 11.5. The number of nitrogens with one attached hydrogen (secondary N) is 2. The number of hydrogen-bond acceptors (Lipinski definition) is 6. The van der Waals surface area contributed by atoms with E-state index in [-0.39, 0.29) is 10.9 Å². The lowest BCUT2D eigenvalue weighted by molar-refractivity contribution is 0.0317. The van der Waals surface area contributed by atoms with Gasteiger partial charge in [0.1, 0.15) is 16.7 Å². The summed E-state index contributed by atoms with van der Waals surface area (Å²) in [5, 5.41) is 19.3. The molecule has 0 radical (unpaired) electrons. The topological polar surface area (TPSA) is 87.7 Å². The van der Waals surface area contributed by atoms with Gasteiger partial charge in [-0.15, -0.1) is 0 Å². The van der Waals surface area contributed by atoms with Crippen LogP contribution in [0.5, 0.6) is 5.75 Å². The molecule has 180 valence electrons. The number of benzene rings is 3. The summed E-state index contributed by atoms with van der Waals surface area (Å²) in [6.45, 7) is 3.23. The molecule has 6 nitrogen and oxygen atoms in total. The lowest BCUT2D eigenvalue weighted by Gasteiger charge is -2.34. The van der Waals surface area contributed by atoms with Gasteiger partial charge in [-0.25, -0.2) is 8.42 Å². The van der Waals surface area contributed by atoms with Crippen LogP contribution in [0.4, 0.5) is 0 Å². The lowest BCUT2D eigenvalue weighted by atomic mass is 9.92. The maximum absolute atomic E-state index is 13.7.